The first kappa shape index (κ1) is 13.1. The molecule has 0 saturated heterocycles. The van der Waals surface area contributed by atoms with Gasteiger partial charge in [-0.3, -0.25) is 4.79 Å². The van der Waals surface area contributed by atoms with Crippen LogP contribution in [0.3, 0.4) is 0 Å². The van der Waals surface area contributed by atoms with Gasteiger partial charge in [0.05, 0.1) is 0 Å². The number of hydrogen-bond acceptors (Lipinski definition) is 3. The fourth-order valence-electron chi connectivity index (χ4n) is 1.24. The molecule has 0 aliphatic rings. The quantitative estimate of drug-likeness (QED) is 0.626. The first-order valence-corrected chi connectivity index (χ1v) is 5.02. The first-order valence-electron chi connectivity index (χ1n) is 5.02. The third-order valence-corrected chi connectivity index (χ3v) is 2.20. The number of nitrogens with two attached hydrogens (primary N) is 1. The zero-order chi connectivity index (χ0) is 12.8. The van der Waals surface area contributed by atoms with Crippen molar-refractivity contribution in [3.8, 4) is 0 Å². The summed E-state index contributed by atoms with van der Waals surface area (Å²) in [5, 5.41) is 10.8. The molecule has 4 N–H and O–H groups in total. The van der Waals surface area contributed by atoms with Crippen LogP contribution in [0.1, 0.15) is 5.56 Å². The summed E-state index contributed by atoms with van der Waals surface area (Å²) in [6, 6.07) is 4.58. The van der Waals surface area contributed by atoms with E-state index in [9.17, 15) is 14.0 Å². The minimum absolute atomic E-state index is 0.140. The highest BCUT2D eigenvalue weighted by atomic mass is 19.1. The zero-order valence-electron chi connectivity index (χ0n) is 9.02. The molecule has 1 aromatic carbocycles. The summed E-state index contributed by atoms with van der Waals surface area (Å²) in [7, 11) is 0. The Bertz CT molecular complexity index is 423. The smallest absolute Gasteiger partial charge is 0.330 e. The molecule has 1 unspecified atom stereocenters. The topological polar surface area (TPSA) is 92.4 Å². The van der Waals surface area contributed by atoms with Gasteiger partial charge in [-0.25, -0.2) is 9.18 Å². The van der Waals surface area contributed by atoms with E-state index >= 15 is 0 Å². The van der Waals surface area contributed by atoms with Crippen LogP contribution >= 0.6 is 0 Å². The Morgan fingerprint density at radius 1 is 1.41 bits per heavy atom. The Morgan fingerprint density at radius 3 is 2.65 bits per heavy atom. The van der Waals surface area contributed by atoms with Gasteiger partial charge in [-0.2, -0.15) is 0 Å². The number of carbonyl (C=O) groups is 2. The Morgan fingerprint density at radius 2 is 2.06 bits per heavy atom. The lowest BCUT2D eigenvalue weighted by Crippen LogP contribution is -2.46. The molecule has 0 spiro atoms. The third-order valence-electron chi connectivity index (χ3n) is 2.20. The molecule has 1 aromatic rings. The van der Waals surface area contributed by atoms with E-state index in [-0.39, 0.29) is 18.8 Å². The molecular formula is C11H13FN2O3. The fraction of sp³-hybridized carbons (Fsp3) is 0.273. The molecule has 0 fully saturated rings. The van der Waals surface area contributed by atoms with Gasteiger partial charge in [-0.05, 0) is 18.1 Å². The number of aliphatic carboxylic acids is 1. The van der Waals surface area contributed by atoms with Crippen LogP contribution in [0.15, 0.2) is 24.3 Å². The molecule has 1 amide bonds. The molecule has 92 valence electrons. The van der Waals surface area contributed by atoms with Gasteiger partial charge in [0.2, 0.25) is 5.91 Å². The van der Waals surface area contributed by atoms with Crippen LogP contribution < -0.4 is 11.1 Å². The van der Waals surface area contributed by atoms with E-state index in [4.69, 9.17) is 10.8 Å². The van der Waals surface area contributed by atoms with Crippen molar-refractivity contribution >= 4 is 11.9 Å². The molecule has 0 aromatic heterocycles. The van der Waals surface area contributed by atoms with Crippen molar-refractivity contribution in [3.05, 3.63) is 35.6 Å². The van der Waals surface area contributed by atoms with Gasteiger partial charge in [-0.15, -0.1) is 0 Å². The molecular weight excluding hydrogens is 227 g/mol. The molecule has 0 aliphatic heterocycles. The van der Waals surface area contributed by atoms with Crippen LogP contribution in [0.2, 0.25) is 0 Å². The van der Waals surface area contributed by atoms with Crippen molar-refractivity contribution in [2.75, 3.05) is 6.54 Å². The molecule has 0 bridgehead atoms. The summed E-state index contributed by atoms with van der Waals surface area (Å²) in [5.41, 5.74) is 5.54. The Labute approximate surface area is 97.4 Å². The lowest BCUT2D eigenvalue weighted by molar-refractivity contribution is -0.142. The molecule has 17 heavy (non-hydrogen) atoms. The Kier molecular flexibility index (Phi) is 4.59. The van der Waals surface area contributed by atoms with E-state index in [1.54, 1.807) is 18.2 Å². The van der Waals surface area contributed by atoms with Crippen molar-refractivity contribution < 1.29 is 19.1 Å². The van der Waals surface area contributed by atoms with Gasteiger partial charge in [0.15, 0.2) is 6.04 Å². The summed E-state index contributed by atoms with van der Waals surface area (Å²) >= 11 is 0. The normalized spacial score (nSPS) is 11.9. The van der Waals surface area contributed by atoms with Crippen molar-refractivity contribution in [1.29, 1.82) is 0 Å². The van der Waals surface area contributed by atoms with Crippen LogP contribution in [-0.2, 0) is 16.0 Å². The van der Waals surface area contributed by atoms with E-state index in [1.165, 1.54) is 6.07 Å². The number of rotatable bonds is 5. The average Bonchev–Trinajstić information content (AvgIpc) is 2.30. The molecule has 0 aliphatic carbocycles. The van der Waals surface area contributed by atoms with Gasteiger partial charge < -0.3 is 16.2 Å². The number of carboxylic acids is 1. The number of carboxylic acid groups (broad SMARTS) is 1. The molecule has 1 atom stereocenters. The second-order valence-corrected chi connectivity index (χ2v) is 3.45. The standard InChI is InChI=1S/C11H13FN2O3/c12-8-4-2-1-3-7(8)5-6-14-10(15)9(13)11(16)17/h1-4,9H,5-6,13H2,(H,14,15)(H,16,17). The summed E-state index contributed by atoms with van der Waals surface area (Å²) in [4.78, 5) is 21.5. The van der Waals surface area contributed by atoms with Crippen molar-refractivity contribution in [2.45, 2.75) is 12.5 Å². The molecule has 0 radical (unpaired) electrons. The average molecular weight is 240 g/mol. The van der Waals surface area contributed by atoms with Crippen LogP contribution in [0.25, 0.3) is 0 Å². The predicted octanol–water partition coefficient (Wildman–Crippen LogP) is -0.104. The van der Waals surface area contributed by atoms with E-state index < -0.39 is 17.9 Å². The SMILES string of the molecule is NC(C(=O)O)C(=O)NCCc1ccccc1F. The lowest BCUT2D eigenvalue weighted by atomic mass is 10.1. The number of halogens is 1. The molecule has 5 nitrogen and oxygen atoms in total. The number of carbonyl (C=O) groups excluding carboxylic acids is 1. The summed E-state index contributed by atoms with van der Waals surface area (Å²) < 4.78 is 13.2. The van der Waals surface area contributed by atoms with Crippen LogP contribution in [0.4, 0.5) is 4.39 Å². The highest BCUT2D eigenvalue weighted by molar-refractivity contribution is 6.00. The Hall–Kier alpha value is -1.95. The summed E-state index contributed by atoms with van der Waals surface area (Å²) in [6.07, 6.45) is 0.282. The number of amides is 1. The number of benzene rings is 1. The van der Waals surface area contributed by atoms with E-state index in [0.717, 1.165) is 0 Å². The molecule has 6 heteroatoms. The first-order chi connectivity index (χ1) is 8.02. The zero-order valence-corrected chi connectivity index (χ0v) is 9.02. The number of hydrogen-bond donors (Lipinski definition) is 3. The molecule has 0 saturated carbocycles. The van der Waals surface area contributed by atoms with Gasteiger partial charge in [0.25, 0.3) is 0 Å². The maximum Gasteiger partial charge on any atom is 0.330 e. The Balaban J connectivity index is 2.41. The predicted molar refractivity (Wildman–Crippen MR) is 58.7 cm³/mol. The van der Waals surface area contributed by atoms with Gasteiger partial charge in [0.1, 0.15) is 5.82 Å². The highest BCUT2D eigenvalue weighted by Crippen LogP contribution is 2.05. The highest BCUT2D eigenvalue weighted by Gasteiger charge is 2.20. The maximum absolute atomic E-state index is 13.2. The van der Waals surface area contributed by atoms with Gasteiger partial charge >= 0.3 is 5.97 Å². The van der Waals surface area contributed by atoms with E-state index in [2.05, 4.69) is 5.32 Å². The van der Waals surface area contributed by atoms with E-state index in [0.29, 0.717) is 5.56 Å². The lowest BCUT2D eigenvalue weighted by Gasteiger charge is -2.08. The van der Waals surface area contributed by atoms with Crippen LogP contribution in [0.5, 0.6) is 0 Å². The van der Waals surface area contributed by atoms with Crippen molar-refractivity contribution in [3.63, 3.8) is 0 Å². The van der Waals surface area contributed by atoms with Crippen molar-refractivity contribution in [2.24, 2.45) is 5.73 Å². The van der Waals surface area contributed by atoms with Crippen LogP contribution in [-0.4, -0.2) is 29.6 Å². The molecule has 1 rings (SSSR count). The van der Waals surface area contributed by atoms with Crippen molar-refractivity contribution in [1.82, 2.24) is 5.32 Å². The fourth-order valence-corrected chi connectivity index (χ4v) is 1.24. The monoisotopic (exact) mass is 240 g/mol. The van der Waals surface area contributed by atoms with Gasteiger partial charge in [-0.1, -0.05) is 18.2 Å². The van der Waals surface area contributed by atoms with E-state index in [1.807, 2.05) is 0 Å². The molecule has 0 heterocycles. The second kappa shape index (κ2) is 5.95. The third kappa shape index (κ3) is 3.84. The van der Waals surface area contributed by atoms with Gasteiger partial charge in [0, 0.05) is 6.54 Å². The summed E-state index contributed by atoms with van der Waals surface area (Å²) in [6.45, 7) is 0.140. The number of nitrogens with one attached hydrogen (secondary N) is 1. The minimum atomic E-state index is -1.59. The largest absolute Gasteiger partial charge is 0.480 e. The minimum Gasteiger partial charge on any atom is -0.480 e. The summed E-state index contributed by atoms with van der Waals surface area (Å²) in [5.74, 6) is -2.54. The second-order valence-electron chi connectivity index (χ2n) is 3.45. The maximum atomic E-state index is 13.2. The van der Waals surface area contributed by atoms with Crippen LogP contribution in [0, 0.1) is 5.82 Å².